The maximum absolute atomic E-state index is 12.7. The van der Waals surface area contributed by atoms with Gasteiger partial charge in [-0.15, -0.1) is 0 Å². The summed E-state index contributed by atoms with van der Waals surface area (Å²) in [6.07, 6.45) is -4.35. The van der Waals surface area contributed by atoms with E-state index >= 15 is 0 Å². The van der Waals surface area contributed by atoms with E-state index in [1.165, 1.54) is 6.07 Å². The third kappa shape index (κ3) is 4.83. The number of hydrogen-bond donors (Lipinski definition) is 1. The topological polar surface area (TPSA) is 35.2 Å². The van der Waals surface area contributed by atoms with E-state index in [9.17, 15) is 13.2 Å². The van der Waals surface area contributed by atoms with E-state index in [0.29, 0.717) is 5.56 Å². The Labute approximate surface area is 125 Å². The minimum Gasteiger partial charge on any atom is -0.415 e. The number of nitrogens with two attached hydrogens (primary N) is 1. The molecule has 1 aromatic rings. The molecule has 0 spiro atoms. The number of hydrogen-bond acceptors (Lipinski definition) is 2. The molecule has 2 N–H and O–H groups in total. The van der Waals surface area contributed by atoms with Crippen molar-refractivity contribution in [2.24, 2.45) is 5.73 Å². The first-order valence-electron chi connectivity index (χ1n) is 6.91. The summed E-state index contributed by atoms with van der Waals surface area (Å²) in [5, 5.41) is 0.0422. The molecule has 0 radical (unpaired) electrons. The monoisotopic (exact) mass is 319 g/mol. The molecule has 0 amide bonds. The van der Waals surface area contributed by atoms with Gasteiger partial charge in [-0.05, 0) is 35.8 Å². The van der Waals surface area contributed by atoms with E-state index in [-0.39, 0.29) is 11.6 Å². The van der Waals surface area contributed by atoms with Crippen LogP contribution < -0.4 is 5.73 Å². The van der Waals surface area contributed by atoms with Crippen LogP contribution in [0.1, 0.15) is 37.9 Å². The standard InChI is InChI=1S/C15H24F3NOSi/c1-14(2,3)21(4,5)20-10-13(19)11-7-6-8-12(9-11)15(16,17)18/h6-9,13H,10,19H2,1-5H3. The number of benzene rings is 1. The van der Waals surface area contributed by atoms with Gasteiger partial charge in [0, 0.05) is 0 Å². The summed E-state index contributed by atoms with van der Waals surface area (Å²) in [6.45, 7) is 10.7. The Hall–Kier alpha value is -0.853. The molecule has 1 atom stereocenters. The Morgan fingerprint density at radius 3 is 2.24 bits per heavy atom. The molecule has 0 aliphatic heterocycles. The molecule has 120 valence electrons. The van der Waals surface area contributed by atoms with E-state index in [2.05, 4.69) is 33.9 Å². The maximum Gasteiger partial charge on any atom is 0.416 e. The summed E-state index contributed by atoms with van der Waals surface area (Å²) in [4.78, 5) is 0. The molecule has 0 saturated heterocycles. The van der Waals surface area contributed by atoms with Crippen LogP contribution in [0.2, 0.25) is 18.1 Å². The van der Waals surface area contributed by atoms with E-state index < -0.39 is 26.1 Å². The van der Waals surface area contributed by atoms with Crippen LogP contribution in [0.5, 0.6) is 0 Å². The van der Waals surface area contributed by atoms with E-state index in [4.69, 9.17) is 10.2 Å². The zero-order chi connectivity index (χ0) is 16.5. The van der Waals surface area contributed by atoms with Crippen molar-refractivity contribution >= 4 is 8.32 Å². The zero-order valence-electron chi connectivity index (χ0n) is 13.2. The lowest BCUT2D eigenvalue weighted by molar-refractivity contribution is -0.137. The molecule has 1 unspecified atom stereocenters. The summed E-state index contributed by atoms with van der Waals surface area (Å²) in [5.41, 5.74) is 5.76. The van der Waals surface area contributed by atoms with Crippen molar-refractivity contribution in [2.45, 2.75) is 51.1 Å². The highest BCUT2D eigenvalue weighted by Crippen LogP contribution is 2.37. The lowest BCUT2D eigenvalue weighted by Crippen LogP contribution is -2.42. The van der Waals surface area contributed by atoms with Gasteiger partial charge >= 0.3 is 6.18 Å². The van der Waals surface area contributed by atoms with Crippen LogP contribution in [0.25, 0.3) is 0 Å². The molecule has 0 fully saturated rings. The van der Waals surface area contributed by atoms with Gasteiger partial charge in [0.25, 0.3) is 0 Å². The SMILES string of the molecule is CC(C)(C)[Si](C)(C)OCC(N)c1cccc(C(F)(F)F)c1. The van der Waals surface area contributed by atoms with Crippen LogP contribution in [0, 0.1) is 0 Å². The largest absolute Gasteiger partial charge is 0.416 e. The van der Waals surface area contributed by atoms with Gasteiger partial charge in [0.15, 0.2) is 8.32 Å². The summed E-state index contributed by atoms with van der Waals surface area (Å²) in [7, 11) is -1.95. The summed E-state index contributed by atoms with van der Waals surface area (Å²) in [5.74, 6) is 0. The minimum absolute atomic E-state index is 0.0422. The van der Waals surface area contributed by atoms with Crippen LogP contribution in [-0.4, -0.2) is 14.9 Å². The van der Waals surface area contributed by atoms with Crippen molar-refractivity contribution in [3.63, 3.8) is 0 Å². The maximum atomic E-state index is 12.7. The molecule has 0 bridgehead atoms. The molecule has 6 heteroatoms. The second-order valence-electron chi connectivity index (χ2n) is 6.80. The Kier molecular flexibility index (Phi) is 5.29. The fourth-order valence-corrected chi connectivity index (χ4v) is 2.59. The van der Waals surface area contributed by atoms with Gasteiger partial charge in [0.2, 0.25) is 0 Å². The van der Waals surface area contributed by atoms with Gasteiger partial charge in [0.05, 0.1) is 18.2 Å². The molecular formula is C15H24F3NOSi. The first-order chi connectivity index (χ1) is 9.34. The van der Waals surface area contributed by atoms with Crippen LogP contribution >= 0.6 is 0 Å². The van der Waals surface area contributed by atoms with Crippen molar-refractivity contribution in [2.75, 3.05) is 6.61 Å². The van der Waals surface area contributed by atoms with Crippen molar-refractivity contribution in [3.8, 4) is 0 Å². The highest BCUT2D eigenvalue weighted by atomic mass is 28.4. The summed E-state index contributed by atoms with van der Waals surface area (Å²) < 4.78 is 44.1. The molecule has 0 aromatic heterocycles. The van der Waals surface area contributed by atoms with Crippen molar-refractivity contribution in [3.05, 3.63) is 35.4 Å². The first kappa shape index (κ1) is 18.2. The normalized spacial score (nSPS) is 15.1. The molecule has 21 heavy (non-hydrogen) atoms. The number of alkyl halides is 3. The molecule has 1 rings (SSSR count). The minimum atomic E-state index is -4.35. The molecule has 1 aromatic carbocycles. The molecule has 0 saturated carbocycles. The second kappa shape index (κ2) is 6.10. The molecule has 2 nitrogen and oxygen atoms in total. The van der Waals surface area contributed by atoms with Crippen LogP contribution in [0.15, 0.2) is 24.3 Å². The van der Waals surface area contributed by atoms with Crippen molar-refractivity contribution < 1.29 is 17.6 Å². The van der Waals surface area contributed by atoms with E-state index in [0.717, 1.165) is 12.1 Å². The highest BCUT2D eigenvalue weighted by Gasteiger charge is 2.37. The van der Waals surface area contributed by atoms with Crippen molar-refractivity contribution in [1.29, 1.82) is 0 Å². The first-order valence-corrected chi connectivity index (χ1v) is 9.82. The smallest absolute Gasteiger partial charge is 0.415 e. The van der Waals surface area contributed by atoms with E-state index in [1.54, 1.807) is 6.07 Å². The molecule has 0 aliphatic carbocycles. The average molecular weight is 319 g/mol. The van der Waals surface area contributed by atoms with Crippen molar-refractivity contribution in [1.82, 2.24) is 0 Å². The van der Waals surface area contributed by atoms with Crippen LogP contribution in [-0.2, 0) is 10.6 Å². The quantitative estimate of drug-likeness (QED) is 0.815. The summed E-state index contributed by atoms with van der Waals surface area (Å²) >= 11 is 0. The van der Waals surface area contributed by atoms with Gasteiger partial charge in [-0.1, -0.05) is 32.9 Å². The van der Waals surface area contributed by atoms with Gasteiger partial charge in [-0.25, -0.2) is 0 Å². The molecular weight excluding hydrogens is 295 g/mol. The van der Waals surface area contributed by atoms with Gasteiger partial charge in [-0.2, -0.15) is 13.2 Å². The van der Waals surface area contributed by atoms with Crippen LogP contribution in [0.3, 0.4) is 0 Å². The second-order valence-corrected chi connectivity index (χ2v) is 11.6. The Morgan fingerprint density at radius 1 is 1.19 bits per heavy atom. The lowest BCUT2D eigenvalue weighted by atomic mass is 10.1. The third-order valence-electron chi connectivity index (χ3n) is 4.07. The number of rotatable bonds is 4. The average Bonchev–Trinajstić information content (AvgIpc) is 2.34. The van der Waals surface area contributed by atoms with Crippen LogP contribution in [0.4, 0.5) is 13.2 Å². The zero-order valence-corrected chi connectivity index (χ0v) is 14.2. The van der Waals surface area contributed by atoms with E-state index in [1.807, 2.05) is 0 Å². The molecule has 0 aliphatic rings. The number of halogens is 3. The third-order valence-corrected chi connectivity index (χ3v) is 8.57. The summed E-state index contributed by atoms with van der Waals surface area (Å²) in [6, 6.07) is 4.57. The Morgan fingerprint density at radius 2 is 1.76 bits per heavy atom. The Bertz CT molecular complexity index is 481. The predicted octanol–water partition coefficient (Wildman–Crippen LogP) is 4.73. The Balaban J connectivity index is 2.80. The molecule has 0 heterocycles. The van der Waals surface area contributed by atoms with Gasteiger partial charge in [-0.3, -0.25) is 0 Å². The fraction of sp³-hybridized carbons (Fsp3) is 0.600. The van der Waals surface area contributed by atoms with Gasteiger partial charge < -0.3 is 10.2 Å². The fourth-order valence-electron chi connectivity index (χ4n) is 1.56. The highest BCUT2D eigenvalue weighted by molar-refractivity contribution is 6.74. The predicted molar refractivity (Wildman–Crippen MR) is 81.5 cm³/mol. The lowest BCUT2D eigenvalue weighted by Gasteiger charge is -2.37. The van der Waals surface area contributed by atoms with Gasteiger partial charge in [0.1, 0.15) is 0 Å².